The fourth-order valence-electron chi connectivity index (χ4n) is 1.28. The van der Waals surface area contributed by atoms with Gasteiger partial charge in [-0.1, -0.05) is 28.1 Å². The Hall–Kier alpha value is -1.84. The van der Waals surface area contributed by atoms with Gasteiger partial charge < -0.3 is 16.6 Å². The first kappa shape index (κ1) is 14.2. The molecule has 0 aliphatic rings. The predicted molar refractivity (Wildman–Crippen MR) is 74.4 cm³/mol. The number of aliphatic hydroxyl groups excluding tert-OH is 1. The minimum Gasteiger partial charge on any atom is -0.397 e. The highest BCUT2D eigenvalue weighted by molar-refractivity contribution is 9.10. The van der Waals surface area contributed by atoms with Crippen molar-refractivity contribution in [3.63, 3.8) is 0 Å². The Morgan fingerprint density at radius 2 is 1.94 bits per heavy atom. The predicted octanol–water partition coefficient (Wildman–Crippen LogP) is 0.992. The summed E-state index contributed by atoms with van der Waals surface area (Å²) in [6, 6.07) is 9.11. The monoisotopic (exact) mass is 308 g/mol. The third-order valence-electron chi connectivity index (χ3n) is 2.17. The molecule has 1 aromatic carbocycles. The van der Waals surface area contributed by atoms with Crippen LogP contribution in [0.4, 0.5) is 0 Å². The van der Waals surface area contributed by atoms with Crippen LogP contribution in [0.25, 0.3) is 5.70 Å². The van der Waals surface area contributed by atoms with E-state index in [0.717, 1.165) is 4.47 Å². The molecule has 18 heavy (non-hydrogen) atoms. The number of aliphatic imine (C=N–C) groups is 1. The van der Waals surface area contributed by atoms with E-state index >= 15 is 0 Å². The van der Waals surface area contributed by atoms with Crippen molar-refractivity contribution in [2.45, 2.75) is 0 Å². The zero-order chi connectivity index (χ0) is 13.5. The van der Waals surface area contributed by atoms with Gasteiger partial charge in [0.1, 0.15) is 17.5 Å². The van der Waals surface area contributed by atoms with E-state index in [1.165, 1.54) is 0 Å². The lowest BCUT2D eigenvalue weighted by atomic mass is 10.1. The van der Waals surface area contributed by atoms with E-state index in [1.54, 1.807) is 12.1 Å². The number of hydrogen-bond donors (Lipinski definition) is 3. The highest BCUT2D eigenvalue weighted by atomic mass is 79.9. The van der Waals surface area contributed by atoms with Gasteiger partial charge in [0.05, 0.1) is 18.8 Å². The molecule has 5 N–H and O–H groups in total. The van der Waals surface area contributed by atoms with Gasteiger partial charge in [0.15, 0.2) is 0 Å². The Morgan fingerprint density at radius 3 is 2.44 bits per heavy atom. The van der Waals surface area contributed by atoms with Crippen LogP contribution in [0.1, 0.15) is 5.56 Å². The molecule has 6 heteroatoms. The molecular formula is C12H13BrN4O. The van der Waals surface area contributed by atoms with Crippen LogP contribution in [0, 0.1) is 11.3 Å². The number of halogens is 1. The minimum atomic E-state index is -0.127. The summed E-state index contributed by atoms with van der Waals surface area (Å²) in [5.41, 5.74) is 12.6. The van der Waals surface area contributed by atoms with Crippen molar-refractivity contribution in [3.8, 4) is 6.07 Å². The smallest absolute Gasteiger partial charge is 0.138 e. The van der Waals surface area contributed by atoms with Gasteiger partial charge in [-0.3, -0.25) is 4.99 Å². The standard InChI is InChI=1S/C12H13BrN4O/c13-9-3-1-8(2-4-9)11(15)10(7-14)12(16)17-5-6-18/h1-4,18H,5-6,15H2,(H2,16,17)/b11-10-. The lowest BCUT2D eigenvalue weighted by Crippen LogP contribution is -2.19. The van der Waals surface area contributed by atoms with Gasteiger partial charge in [0.25, 0.3) is 0 Å². The largest absolute Gasteiger partial charge is 0.397 e. The van der Waals surface area contributed by atoms with E-state index in [-0.39, 0.29) is 30.3 Å². The molecule has 5 nitrogen and oxygen atoms in total. The highest BCUT2D eigenvalue weighted by Crippen LogP contribution is 2.17. The Kier molecular flexibility index (Phi) is 5.36. The molecule has 94 valence electrons. The summed E-state index contributed by atoms with van der Waals surface area (Å²) in [5.74, 6) is 0.0342. The number of nitrogens with two attached hydrogens (primary N) is 2. The van der Waals surface area contributed by atoms with Crippen molar-refractivity contribution in [1.82, 2.24) is 0 Å². The van der Waals surface area contributed by atoms with E-state index in [9.17, 15) is 0 Å². The quantitative estimate of drug-likeness (QED) is 0.438. The molecule has 0 radical (unpaired) electrons. The molecule has 0 bridgehead atoms. The molecule has 1 rings (SSSR count). The van der Waals surface area contributed by atoms with E-state index in [2.05, 4.69) is 20.9 Å². The molecule has 0 aliphatic heterocycles. The van der Waals surface area contributed by atoms with Crippen molar-refractivity contribution < 1.29 is 5.11 Å². The average Bonchev–Trinajstić information content (AvgIpc) is 2.37. The van der Waals surface area contributed by atoms with Crippen molar-refractivity contribution in [1.29, 1.82) is 5.26 Å². The Balaban J connectivity index is 3.15. The second-order valence-electron chi connectivity index (χ2n) is 3.40. The normalized spacial score (nSPS) is 12.8. The fraction of sp³-hybridized carbons (Fsp3) is 0.167. The highest BCUT2D eigenvalue weighted by Gasteiger charge is 2.09. The van der Waals surface area contributed by atoms with Gasteiger partial charge in [-0.2, -0.15) is 5.26 Å². The summed E-state index contributed by atoms with van der Waals surface area (Å²) in [6.07, 6.45) is 0. The summed E-state index contributed by atoms with van der Waals surface area (Å²) >= 11 is 3.31. The lowest BCUT2D eigenvalue weighted by Gasteiger charge is -2.06. The van der Waals surface area contributed by atoms with Crippen molar-refractivity contribution in [2.75, 3.05) is 13.2 Å². The molecule has 0 aromatic heterocycles. The number of hydrogen-bond acceptors (Lipinski definition) is 4. The molecule has 0 fully saturated rings. The second kappa shape index (κ2) is 6.79. The summed E-state index contributed by atoms with van der Waals surface area (Å²) in [5, 5.41) is 17.7. The molecule has 0 saturated heterocycles. The van der Waals surface area contributed by atoms with Crippen LogP contribution in [0.15, 0.2) is 39.3 Å². The summed E-state index contributed by atoms with van der Waals surface area (Å²) in [4.78, 5) is 3.85. The topological polar surface area (TPSA) is 108 Å². The number of benzene rings is 1. The summed E-state index contributed by atoms with van der Waals surface area (Å²) in [6.45, 7) is 0.0161. The Morgan fingerprint density at radius 1 is 1.33 bits per heavy atom. The maximum atomic E-state index is 9.06. The van der Waals surface area contributed by atoms with Crippen molar-refractivity contribution >= 4 is 27.5 Å². The average molecular weight is 309 g/mol. The second-order valence-corrected chi connectivity index (χ2v) is 4.31. The first-order valence-electron chi connectivity index (χ1n) is 5.17. The van der Waals surface area contributed by atoms with Crippen LogP contribution in [-0.4, -0.2) is 24.1 Å². The zero-order valence-electron chi connectivity index (χ0n) is 9.60. The van der Waals surface area contributed by atoms with Crippen molar-refractivity contribution in [2.24, 2.45) is 16.5 Å². The Labute approximate surface area is 114 Å². The van der Waals surface area contributed by atoms with Gasteiger partial charge in [0, 0.05) is 4.47 Å². The molecule has 0 unspecified atom stereocenters. The van der Waals surface area contributed by atoms with Crippen LogP contribution < -0.4 is 11.5 Å². The van der Waals surface area contributed by atoms with Gasteiger partial charge in [-0.25, -0.2) is 0 Å². The van der Waals surface area contributed by atoms with Gasteiger partial charge in [0.2, 0.25) is 0 Å². The van der Waals surface area contributed by atoms with Gasteiger partial charge in [-0.05, 0) is 17.7 Å². The number of amidine groups is 1. The summed E-state index contributed by atoms with van der Waals surface area (Å²) in [7, 11) is 0. The van der Waals surface area contributed by atoms with Gasteiger partial charge >= 0.3 is 0 Å². The number of nitriles is 1. The third-order valence-corrected chi connectivity index (χ3v) is 2.70. The minimum absolute atomic E-state index is 0.0342. The van der Waals surface area contributed by atoms with E-state index in [4.69, 9.17) is 21.8 Å². The molecular weight excluding hydrogens is 296 g/mol. The molecule has 0 atom stereocenters. The number of aliphatic hydroxyl groups is 1. The van der Waals surface area contributed by atoms with E-state index in [1.807, 2.05) is 18.2 Å². The molecule has 1 aromatic rings. The van der Waals surface area contributed by atoms with Gasteiger partial charge in [-0.15, -0.1) is 0 Å². The third kappa shape index (κ3) is 3.58. The van der Waals surface area contributed by atoms with E-state index in [0.29, 0.717) is 5.56 Å². The van der Waals surface area contributed by atoms with Crippen LogP contribution in [0.2, 0.25) is 0 Å². The van der Waals surface area contributed by atoms with Crippen LogP contribution >= 0.6 is 15.9 Å². The van der Waals surface area contributed by atoms with Crippen molar-refractivity contribution in [3.05, 3.63) is 39.9 Å². The lowest BCUT2D eigenvalue weighted by molar-refractivity contribution is 0.307. The van der Waals surface area contributed by atoms with Crippen LogP contribution in [-0.2, 0) is 0 Å². The molecule has 0 heterocycles. The summed E-state index contributed by atoms with van der Waals surface area (Å²) < 4.78 is 0.916. The fourth-order valence-corrected chi connectivity index (χ4v) is 1.54. The molecule has 0 amide bonds. The zero-order valence-corrected chi connectivity index (χ0v) is 11.2. The van der Waals surface area contributed by atoms with Crippen LogP contribution in [0.5, 0.6) is 0 Å². The maximum absolute atomic E-state index is 9.06. The van der Waals surface area contributed by atoms with Crippen LogP contribution in [0.3, 0.4) is 0 Å². The SMILES string of the molecule is N#C/C(C(N)=NCCO)=C(/N)c1ccc(Br)cc1. The first-order chi connectivity index (χ1) is 8.60. The molecule has 0 aliphatic carbocycles. The van der Waals surface area contributed by atoms with E-state index < -0.39 is 0 Å². The Bertz CT molecular complexity index is 514. The number of rotatable bonds is 4. The number of nitrogens with zero attached hydrogens (tertiary/aromatic N) is 2. The first-order valence-corrected chi connectivity index (χ1v) is 5.96. The maximum Gasteiger partial charge on any atom is 0.138 e. The molecule has 0 saturated carbocycles. The molecule has 0 spiro atoms.